The van der Waals surface area contributed by atoms with Crippen LogP contribution >= 0.6 is 0 Å². The summed E-state index contributed by atoms with van der Waals surface area (Å²) in [4.78, 5) is 16.4. The predicted molar refractivity (Wildman–Crippen MR) is 92.2 cm³/mol. The highest BCUT2D eigenvalue weighted by atomic mass is 32.2. The zero-order chi connectivity index (χ0) is 17.2. The number of amides is 1. The van der Waals surface area contributed by atoms with E-state index in [0.717, 1.165) is 30.5 Å². The van der Waals surface area contributed by atoms with E-state index in [1.807, 2.05) is 33.0 Å². The number of benzene rings is 1. The van der Waals surface area contributed by atoms with E-state index in [0.29, 0.717) is 18.8 Å². The standard InChI is InChI=1S/C16H25N3O3S/c1-13-5-6-15(14(2)11-13)19(23(4,21)22)12-16(20)18-9-7-17(3)8-10-18/h5-6,11H,7-10,12H2,1-4H3. The second kappa shape index (κ2) is 6.88. The number of hydrogen-bond acceptors (Lipinski definition) is 4. The van der Waals surface area contributed by atoms with Crippen LogP contribution in [-0.4, -0.2) is 70.2 Å². The summed E-state index contributed by atoms with van der Waals surface area (Å²) in [5, 5.41) is 0. The van der Waals surface area contributed by atoms with E-state index in [-0.39, 0.29) is 12.5 Å². The Morgan fingerprint density at radius 3 is 2.30 bits per heavy atom. The highest BCUT2D eigenvalue weighted by molar-refractivity contribution is 7.92. The summed E-state index contributed by atoms with van der Waals surface area (Å²) in [6, 6.07) is 5.55. The number of likely N-dealkylation sites (N-methyl/N-ethyl adjacent to an activating group) is 1. The van der Waals surface area contributed by atoms with Crippen LogP contribution in [0.15, 0.2) is 18.2 Å². The maximum Gasteiger partial charge on any atom is 0.243 e. The molecule has 0 unspecified atom stereocenters. The molecule has 1 aromatic rings. The maximum atomic E-state index is 12.5. The Morgan fingerprint density at radius 1 is 1.17 bits per heavy atom. The Morgan fingerprint density at radius 2 is 1.78 bits per heavy atom. The number of hydrogen-bond donors (Lipinski definition) is 0. The van der Waals surface area contributed by atoms with Crippen molar-refractivity contribution in [3.05, 3.63) is 29.3 Å². The molecular weight excluding hydrogens is 314 g/mol. The molecule has 1 saturated heterocycles. The maximum absolute atomic E-state index is 12.5. The van der Waals surface area contributed by atoms with Crippen molar-refractivity contribution >= 4 is 21.6 Å². The summed E-state index contributed by atoms with van der Waals surface area (Å²) in [6.07, 6.45) is 1.14. The van der Waals surface area contributed by atoms with Gasteiger partial charge in [-0.25, -0.2) is 8.42 Å². The molecule has 1 aliphatic rings. The fourth-order valence-electron chi connectivity index (χ4n) is 2.74. The Labute approximate surface area is 138 Å². The fraction of sp³-hybridized carbons (Fsp3) is 0.562. The van der Waals surface area contributed by atoms with Gasteiger partial charge in [0.05, 0.1) is 11.9 Å². The van der Waals surface area contributed by atoms with Crippen LogP contribution in [0.2, 0.25) is 0 Å². The molecule has 0 aromatic heterocycles. The van der Waals surface area contributed by atoms with Crippen LogP contribution in [-0.2, 0) is 14.8 Å². The van der Waals surface area contributed by atoms with Crippen LogP contribution in [0.25, 0.3) is 0 Å². The van der Waals surface area contributed by atoms with Crippen LogP contribution in [0.1, 0.15) is 11.1 Å². The minimum absolute atomic E-state index is 0.146. The lowest BCUT2D eigenvalue weighted by Crippen LogP contribution is -2.50. The molecule has 0 bridgehead atoms. The third-order valence-electron chi connectivity index (χ3n) is 4.16. The lowest BCUT2D eigenvalue weighted by molar-refractivity contribution is -0.131. The van der Waals surface area contributed by atoms with Gasteiger partial charge in [-0.2, -0.15) is 0 Å². The Kier molecular flexibility index (Phi) is 5.31. The van der Waals surface area contributed by atoms with Crippen LogP contribution < -0.4 is 4.31 Å². The molecule has 0 N–H and O–H groups in total. The summed E-state index contributed by atoms with van der Waals surface area (Å²) >= 11 is 0. The molecule has 0 saturated carbocycles. The van der Waals surface area contributed by atoms with Crippen molar-refractivity contribution in [2.75, 3.05) is 50.3 Å². The molecule has 0 atom stereocenters. The Bertz CT molecular complexity index is 680. The van der Waals surface area contributed by atoms with Crippen molar-refractivity contribution in [2.24, 2.45) is 0 Å². The average molecular weight is 339 g/mol. The van der Waals surface area contributed by atoms with Crippen molar-refractivity contribution in [3.8, 4) is 0 Å². The smallest absolute Gasteiger partial charge is 0.243 e. The van der Waals surface area contributed by atoms with Crippen LogP contribution in [0.5, 0.6) is 0 Å². The number of carbonyl (C=O) groups is 1. The van der Waals surface area contributed by atoms with Gasteiger partial charge in [-0.1, -0.05) is 17.7 Å². The number of rotatable bonds is 4. The summed E-state index contributed by atoms with van der Waals surface area (Å²) in [6.45, 7) is 6.58. The molecule has 6 nitrogen and oxygen atoms in total. The third-order valence-corrected chi connectivity index (χ3v) is 5.28. The zero-order valence-electron chi connectivity index (χ0n) is 14.2. The van der Waals surface area contributed by atoms with Crippen molar-refractivity contribution < 1.29 is 13.2 Å². The fourth-order valence-corrected chi connectivity index (χ4v) is 3.65. The molecule has 23 heavy (non-hydrogen) atoms. The normalized spacial score (nSPS) is 16.4. The number of piperazine rings is 1. The van der Waals surface area contributed by atoms with E-state index < -0.39 is 10.0 Å². The molecule has 0 aliphatic carbocycles. The Balaban J connectivity index is 2.21. The zero-order valence-corrected chi connectivity index (χ0v) is 15.1. The van der Waals surface area contributed by atoms with Gasteiger partial charge >= 0.3 is 0 Å². The first kappa shape index (κ1) is 17.7. The lowest BCUT2D eigenvalue weighted by atomic mass is 10.1. The van der Waals surface area contributed by atoms with Gasteiger partial charge in [0.25, 0.3) is 0 Å². The van der Waals surface area contributed by atoms with Crippen LogP contribution in [0.4, 0.5) is 5.69 Å². The number of sulfonamides is 1. The molecule has 1 heterocycles. The highest BCUT2D eigenvalue weighted by Crippen LogP contribution is 2.23. The van der Waals surface area contributed by atoms with E-state index in [9.17, 15) is 13.2 Å². The molecule has 1 aliphatic heterocycles. The van der Waals surface area contributed by atoms with Crippen molar-refractivity contribution in [1.29, 1.82) is 0 Å². The summed E-state index contributed by atoms with van der Waals surface area (Å²) in [5.74, 6) is -0.150. The topological polar surface area (TPSA) is 60.9 Å². The molecule has 0 radical (unpaired) electrons. The highest BCUT2D eigenvalue weighted by Gasteiger charge is 2.26. The van der Waals surface area contributed by atoms with E-state index in [4.69, 9.17) is 0 Å². The van der Waals surface area contributed by atoms with Gasteiger partial charge in [-0.3, -0.25) is 9.10 Å². The van der Waals surface area contributed by atoms with E-state index in [2.05, 4.69) is 4.90 Å². The second-order valence-corrected chi connectivity index (χ2v) is 8.15. The van der Waals surface area contributed by atoms with Gasteiger partial charge < -0.3 is 9.80 Å². The quantitative estimate of drug-likeness (QED) is 0.816. The summed E-state index contributed by atoms with van der Waals surface area (Å²) < 4.78 is 25.6. The average Bonchev–Trinajstić information content (AvgIpc) is 2.45. The van der Waals surface area contributed by atoms with Crippen LogP contribution in [0, 0.1) is 13.8 Å². The van der Waals surface area contributed by atoms with E-state index in [1.54, 1.807) is 11.0 Å². The number of nitrogens with zero attached hydrogens (tertiary/aromatic N) is 3. The summed E-state index contributed by atoms with van der Waals surface area (Å²) in [5.41, 5.74) is 2.48. The van der Waals surface area contributed by atoms with Crippen molar-refractivity contribution in [1.82, 2.24) is 9.80 Å². The summed E-state index contributed by atoms with van der Waals surface area (Å²) in [7, 11) is -1.51. The molecule has 1 fully saturated rings. The number of anilines is 1. The molecule has 2 rings (SSSR count). The molecule has 7 heteroatoms. The van der Waals surface area contributed by atoms with Gasteiger partial charge in [0.1, 0.15) is 6.54 Å². The minimum atomic E-state index is -3.52. The molecule has 1 aromatic carbocycles. The monoisotopic (exact) mass is 339 g/mol. The van der Waals surface area contributed by atoms with Gasteiger partial charge in [-0.05, 0) is 32.5 Å². The van der Waals surface area contributed by atoms with Gasteiger partial charge in [-0.15, -0.1) is 0 Å². The predicted octanol–water partition coefficient (Wildman–Crippen LogP) is 0.843. The Hall–Kier alpha value is -1.60. The third kappa shape index (κ3) is 4.45. The SMILES string of the molecule is Cc1ccc(N(CC(=O)N2CCN(C)CC2)S(C)(=O)=O)c(C)c1. The van der Waals surface area contributed by atoms with Crippen LogP contribution in [0.3, 0.4) is 0 Å². The number of carbonyl (C=O) groups excluding carboxylic acids is 1. The number of aryl methyl sites for hydroxylation is 2. The first-order chi connectivity index (χ1) is 10.7. The molecule has 128 valence electrons. The molecule has 0 spiro atoms. The van der Waals surface area contributed by atoms with Crippen molar-refractivity contribution in [3.63, 3.8) is 0 Å². The lowest BCUT2D eigenvalue weighted by Gasteiger charge is -2.34. The first-order valence-corrected chi connectivity index (χ1v) is 9.54. The van der Waals surface area contributed by atoms with Gasteiger partial charge in [0.2, 0.25) is 15.9 Å². The molecule has 1 amide bonds. The largest absolute Gasteiger partial charge is 0.339 e. The van der Waals surface area contributed by atoms with Gasteiger partial charge in [0.15, 0.2) is 0 Å². The van der Waals surface area contributed by atoms with E-state index >= 15 is 0 Å². The first-order valence-electron chi connectivity index (χ1n) is 7.70. The minimum Gasteiger partial charge on any atom is -0.339 e. The van der Waals surface area contributed by atoms with Gasteiger partial charge in [0, 0.05) is 26.2 Å². The second-order valence-electron chi connectivity index (χ2n) is 6.24. The van der Waals surface area contributed by atoms with E-state index in [1.165, 1.54) is 4.31 Å². The van der Waals surface area contributed by atoms with Crippen molar-refractivity contribution in [2.45, 2.75) is 13.8 Å². The molecular formula is C16H25N3O3S.